The fraction of sp³-hybridized carbons (Fsp3) is 0.200. The molecule has 0 saturated heterocycles. The van der Waals surface area contributed by atoms with E-state index in [0.29, 0.717) is 11.6 Å². The van der Waals surface area contributed by atoms with Crippen LogP contribution in [-0.4, -0.2) is 24.5 Å². The number of carbonyl (C=O) groups is 2. The fourth-order valence-electron chi connectivity index (χ4n) is 2.33. The lowest BCUT2D eigenvalue weighted by atomic mass is 10.2. The summed E-state index contributed by atoms with van der Waals surface area (Å²) in [6, 6.07) is 16.4. The molecular weight excluding hydrogens is 338 g/mol. The first-order valence-corrected chi connectivity index (χ1v) is 8.39. The summed E-state index contributed by atoms with van der Waals surface area (Å²) in [5, 5.41) is 0.584. The number of esters is 1. The van der Waals surface area contributed by atoms with Crippen molar-refractivity contribution in [2.45, 2.75) is 20.0 Å². The minimum atomic E-state index is -0.878. The largest absolute Gasteiger partial charge is 0.449 e. The lowest BCUT2D eigenvalue weighted by Gasteiger charge is -2.24. The average Bonchev–Trinajstić information content (AvgIpc) is 2.61. The Kier molecular flexibility index (Phi) is 6.78. The summed E-state index contributed by atoms with van der Waals surface area (Å²) in [6.07, 6.45) is 2.01. The van der Waals surface area contributed by atoms with E-state index in [4.69, 9.17) is 16.3 Å². The summed E-state index contributed by atoms with van der Waals surface area (Å²) in [6.45, 7) is 3.93. The van der Waals surface area contributed by atoms with Crippen molar-refractivity contribution in [1.82, 2.24) is 0 Å². The molecule has 5 heteroatoms. The third kappa shape index (κ3) is 5.47. The number of para-hydroxylation sites is 1. The highest BCUT2D eigenvalue weighted by Crippen LogP contribution is 2.15. The molecule has 2 aromatic carbocycles. The quantitative estimate of drug-likeness (QED) is 0.570. The Hall–Kier alpha value is -2.59. The molecule has 1 amide bonds. The van der Waals surface area contributed by atoms with Crippen molar-refractivity contribution in [3.8, 4) is 0 Å². The first-order chi connectivity index (χ1) is 12.0. The van der Waals surface area contributed by atoms with Crippen molar-refractivity contribution in [2.75, 3.05) is 11.4 Å². The maximum absolute atomic E-state index is 12.5. The topological polar surface area (TPSA) is 46.6 Å². The van der Waals surface area contributed by atoms with Gasteiger partial charge in [-0.05, 0) is 49.8 Å². The van der Waals surface area contributed by atoms with Crippen LogP contribution in [0.3, 0.4) is 0 Å². The van der Waals surface area contributed by atoms with E-state index in [2.05, 4.69) is 0 Å². The standard InChI is InChI=1S/C20H20ClNO3/c1-3-22(18-10-5-4-6-11-18)20(24)15(2)25-19(23)13-12-16-8-7-9-17(21)14-16/h4-15H,3H2,1-2H3/b13-12+/t15-/m0/s1. The number of ether oxygens (including phenoxy) is 1. The highest BCUT2D eigenvalue weighted by molar-refractivity contribution is 6.30. The van der Waals surface area contributed by atoms with Crippen LogP contribution in [0.15, 0.2) is 60.7 Å². The summed E-state index contributed by atoms with van der Waals surface area (Å²) in [5.74, 6) is -0.844. The van der Waals surface area contributed by atoms with Crippen molar-refractivity contribution >= 4 is 35.2 Å². The number of carbonyl (C=O) groups excluding carboxylic acids is 2. The zero-order valence-electron chi connectivity index (χ0n) is 14.2. The second kappa shape index (κ2) is 9.04. The first kappa shape index (κ1) is 18.7. The van der Waals surface area contributed by atoms with Crippen molar-refractivity contribution < 1.29 is 14.3 Å². The van der Waals surface area contributed by atoms with Crippen LogP contribution in [0.1, 0.15) is 19.4 Å². The zero-order valence-corrected chi connectivity index (χ0v) is 14.9. The van der Waals surface area contributed by atoms with Gasteiger partial charge in [0.2, 0.25) is 0 Å². The Morgan fingerprint density at radius 2 is 1.88 bits per heavy atom. The lowest BCUT2D eigenvalue weighted by molar-refractivity contribution is -0.149. The minimum absolute atomic E-state index is 0.266. The number of likely N-dealkylation sites (N-methyl/N-ethyl adjacent to an activating group) is 1. The maximum Gasteiger partial charge on any atom is 0.331 e. The van der Waals surface area contributed by atoms with E-state index in [1.807, 2.05) is 43.3 Å². The third-order valence-corrected chi connectivity index (χ3v) is 3.79. The number of benzene rings is 2. The van der Waals surface area contributed by atoms with Crippen LogP contribution in [0.25, 0.3) is 6.08 Å². The average molecular weight is 358 g/mol. The maximum atomic E-state index is 12.5. The Balaban J connectivity index is 1.99. The molecule has 0 N–H and O–H groups in total. The molecule has 2 rings (SSSR count). The second-order valence-corrected chi connectivity index (χ2v) is 5.82. The molecule has 0 aliphatic rings. The zero-order chi connectivity index (χ0) is 18.2. The van der Waals surface area contributed by atoms with E-state index < -0.39 is 12.1 Å². The van der Waals surface area contributed by atoms with Gasteiger partial charge in [0, 0.05) is 23.3 Å². The van der Waals surface area contributed by atoms with Gasteiger partial charge in [-0.2, -0.15) is 0 Å². The molecule has 130 valence electrons. The van der Waals surface area contributed by atoms with E-state index >= 15 is 0 Å². The van der Waals surface area contributed by atoms with Gasteiger partial charge >= 0.3 is 5.97 Å². The van der Waals surface area contributed by atoms with Gasteiger partial charge in [-0.3, -0.25) is 4.79 Å². The molecule has 25 heavy (non-hydrogen) atoms. The monoisotopic (exact) mass is 357 g/mol. The SMILES string of the molecule is CCN(C(=O)[C@H](C)OC(=O)/C=C/c1cccc(Cl)c1)c1ccccc1. The first-order valence-electron chi connectivity index (χ1n) is 8.02. The molecule has 0 aliphatic heterocycles. The van der Waals surface area contributed by atoms with Gasteiger partial charge in [-0.1, -0.05) is 41.9 Å². The molecule has 0 spiro atoms. The number of nitrogens with zero attached hydrogens (tertiary/aromatic N) is 1. The molecule has 0 fully saturated rings. The van der Waals surface area contributed by atoms with Crippen LogP contribution in [-0.2, 0) is 14.3 Å². The van der Waals surface area contributed by atoms with Gasteiger partial charge in [0.1, 0.15) is 0 Å². The fourth-order valence-corrected chi connectivity index (χ4v) is 2.53. The van der Waals surface area contributed by atoms with Crippen LogP contribution < -0.4 is 4.90 Å². The van der Waals surface area contributed by atoms with E-state index in [1.54, 1.807) is 36.1 Å². The molecule has 0 heterocycles. The highest BCUT2D eigenvalue weighted by atomic mass is 35.5. The highest BCUT2D eigenvalue weighted by Gasteiger charge is 2.23. The summed E-state index contributed by atoms with van der Waals surface area (Å²) >= 11 is 5.89. The normalized spacial score (nSPS) is 12.0. The molecule has 4 nitrogen and oxygen atoms in total. The number of hydrogen-bond donors (Lipinski definition) is 0. The molecule has 0 aromatic heterocycles. The Morgan fingerprint density at radius 1 is 1.16 bits per heavy atom. The van der Waals surface area contributed by atoms with E-state index in [1.165, 1.54) is 6.08 Å². The molecule has 1 atom stereocenters. The predicted molar refractivity (Wildman–Crippen MR) is 101 cm³/mol. The van der Waals surface area contributed by atoms with Crippen molar-refractivity contribution in [1.29, 1.82) is 0 Å². The van der Waals surface area contributed by atoms with Crippen LogP contribution in [0.2, 0.25) is 5.02 Å². The van der Waals surface area contributed by atoms with Gasteiger partial charge in [0.15, 0.2) is 6.10 Å². The Morgan fingerprint density at radius 3 is 2.52 bits per heavy atom. The molecule has 0 saturated carbocycles. The van der Waals surface area contributed by atoms with Gasteiger partial charge < -0.3 is 9.64 Å². The van der Waals surface area contributed by atoms with Crippen molar-refractivity contribution in [2.24, 2.45) is 0 Å². The molecule has 0 radical (unpaired) electrons. The summed E-state index contributed by atoms with van der Waals surface area (Å²) in [4.78, 5) is 26.1. The number of hydrogen-bond acceptors (Lipinski definition) is 3. The molecular formula is C20H20ClNO3. The molecule has 0 bridgehead atoms. The third-order valence-electron chi connectivity index (χ3n) is 3.55. The number of anilines is 1. The summed E-state index contributed by atoms with van der Waals surface area (Å²) in [7, 11) is 0. The predicted octanol–water partition coefficient (Wildman–Crippen LogP) is 4.34. The van der Waals surface area contributed by atoms with E-state index in [0.717, 1.165) is 11.3 Å². The lowest BCUT2D eigenvalue weighted by Crippen LogP contribution is -2.39. The molecule has 2 aromatic rings. The van der Waals surface area contributed by atoms with Crippen molar-refractivity contribution in [3.05, 3.63) is 71.3 Å². The van der Waals surface area contributed by atoms with E-state index in [-0.39, 0.29) is 5.91 Å². The Bertz CT molecular complexity index is 759. The summed E-state index contributed by atoms with van der Waals surface area (Å²) in [5.41, 5.74) is 1.55. The summed E-state index contributed by atoms with van der Waals surface area (Å²) < 4.78 is 5.22. The smallest absolute Gasteiger partial charge is 0.331 e. The van der Waals surface area contributed by atoms with Crippen LogP contribution >= 0.6 is 11.6 Å². The van der Waals surface area contributed by atoms with Crippen LogP contribution in [0, 0.1) is 0 Å². The number of rotatable bonds is 6. The number of halogens is 1. The van der Waals surface area contributed by atoms with E-state index in [9.17, 15) is 9.59 Å². The molecule has 0 unspecified atom stereocenters. The van der Waals surface area contributed by atoms with Crippen molar-refractivity contribution in [3.63, 3.8) is 0 Å². The van der Waals surface area contributed by atoms with Gasteiger partial charge in [0.05, 0.1) is 0 Å². The molecule has 0 aliphatic carbocycles. The van der Waals surface area contributed by atoms with Gasteiger partial charge in [0.25, 0.3) is 5.91 Å². The van der Waals surface area contributed by atoms with Crippen LogP contribution in [0.4, 0.5) is 5.69 Å². The van der Waals surface area contributed by atoms with Gasteiger partial charge in [-0.25, -0.2) is 4.79 Å². The van der Waals surface area contributed by atoms with Crippen LogP contribution in [0.5, 0.6) is 0 Å². The minimum Gasteiger partial charge on any atom is -0.449 e. The van der Waals surface area contributed by atoms with Gasteiger partial charge in [-0.15, -0.1) is 0 Å². The number of amides is 1. The Labute approximate surface area is 152 Å². The second-order valence-electron chi connectivity index (χ2n) is 5.39.